The second-order valence-electron chi connectivity index (χ2n) is 7.71. The van der Waals surface area contributed by atoms with Crippen molar-refractivity contribution in [3.05, 3.63) is 64.7 Å². The smallest absolute Gasteiger partial charge is 0.251 e. The molecule has 1 N–H and O–H groups in total. The number of carbonyl (C=O) groups excluding carboxylic acids is 1. The Labute approximate surface area is 174 Å². The van der Waals surface area contributed by atoms with E-state index in [1.807, 2.05) is 13.8 Å². The Kier molecular flexibility index (Phi) is 5.05. The molecule has 158 valence electrons. The minimum absolute atomic E-state index is 0.284. The zero-order valence-corrected chi connectivity index (χ0v) is 17.8. The molecule has 1 atom stereocenters. The molecule has 8 heteroatoms. The molecule has 0 bridgehead atoms. The molecule has 0 saturated carbocycles. The average molecular weight is 431 g/mol. The van der Waals surface area contributed by atoms with Crippen LogP contribution >= 0.6 is 0 Å². The van der Waals surface area contributed by atoms with Crippen LogP contribution in [0.4, 0.5) is 10.1 Å². The molecule has 3 aromatic rings. The summed E-state index contributed by atoms with van der Waals surface area (Å²) in [4.78, 5) is 12.8. The molecule has 1 aliphatic rings. The number of nitrogens with zero attached hydrogens (tertiary/aromatic N) is 1. The lowest BCUT2D eigenvalue weighted by molar-refractivity contribution is 0.0935. The largest absolute Gasteiger partial charge is 0.459 e. The zero-order valence-electron chi connectivity index (χ0n) is 17.0. The summed E-state index contributed by atoms with van der Waals surface area (Å²) in [5, 5.41) is 3.60. The molecule has 1 aliphatic heterocycles. The van der Waals surface area contributed by atoms with E-state index in [4.69, 9.17) is 4.42 Å². The first-order valence-corrected chi connectivity index (χ1v) is 11.6. The Morgan fingerprint density at radius 2 is 2.00 bits per heavy atom. The summed E-state index contributed by atoms with van der Waals surface area (Å²) in [6.07, 6.45) is 2.61. The van der Waals surface area contributed by atoms with E-state index in [9.17, 15) is 17.6 Å². The van der Waals surface area contributed by atoms with E-state index < -0.39 is 16.1 Å². The fraction of sp³-hybridized carbons (Fsp3) is 0.318. The second-order valence-corrected chi connectivity index (χ2v) is 9.62. The molecule has 1 aromatic heterocycles. The Bertz CT molecular complexity index is 1250. The van der Waals surface area contributed by atoms with E-state index in [1.54, 1.807) is 24.3 Å². The van der Waals surface area contributed by atoms with Gasteiger partial charge in [0, 0.05) is 23.1 Å². The molecular formula is C22H23FN2O4S. The molecule has 0 radical (unpaired) electrons. The van der Waals surface area contributed by atoms with Crippen LogP contribution in [-0.2, 0) is 16.4 Å². The fourth-order valence-corrected chi connectivity index (χ4v) is 5.02. The van der Waals surface area contributed by atoms with Gasteiger partial charge >= 0.3 is 0 Å². The minimum Gasteiger partial charge on any atom is -0.459 e. The highest BCUT2D eigenvalue weighted by Gasteiger charge is 2.25. The first kappa shape index (κ1) is 20.4. The number of sulfonamides is 1. The van der Waals surface area contributed by atoms with Gasteiger partial charge in [-0.15, -0.1) is 0 Å². The predicted octanol–water partition coefficient (Wildman–Crippen LogP) is 4.08. The summed E-state index contributed by atoms with van der Waals surface area (Å²) in [5.41, 5.74) is 3.27. The van der Waals surface area contributed by atoms with Crippen LogP contribution in [0, 0.1) is 12.7 Å². The van der Waals surface area contributed by atoms with Crippen LogP contribution in [0.3, 0.4) is 0 Å². The van der Waals surface area contributed by atoms with Crippen molar-refractivity contribution in [3.63, 3.8) is 0 Å². The van der Waals surface area contributed by atoms with Gasteiger partial charge in [0.25, 0.3) is 5.91 Å². The highest BCUT2D eigenvalue weighted by atomic mass is 32.2. The number of furan rings is 1. The van der Waals surface area contributed by atoms with Crippen molar-refractivity contribution in [2.45, 2.75) is 32.7 Å². The van der Waals surface area contributed by atoms with Gasteiger partial charge in [0.2, 0.25) is 10.0 Å². The number of nitrogens with one attached hydrogen (secondary N) is 1. The van der Waals surface area contributed by atoms with Gasteiger partial charge < -0.3 is 9.73 Å². The maximum absolute atomic E-state index is 13.5. The van der Waals surface area contributed by atoms with Gasteiger partial charge in [-0.3, -0.25) is 9.10 Å². The number of halogens is 1. The first-order chi connectivity index (χ1) is 14.1. The van der Waals surface area contributed by atoms with Gasteiger partial charge in [-0.25, -0.2) is 12.8 Å². The predicted molar refractivity (Wildman–Crippen MR) is 114 cm³/mol. The van der Waals surface area contributed by atoms with Crippen LogP contribution < -0.4 is 9.62 Å². The molecule has 4 rings (SSSR count). The van der Waals surface area contributed by atoms with Crippen LogP contribution in [0.15, 0.2) is 40.8 Å². The number of rotatable bonds is 4. The van der Waals surface area contributed by atoms with E-state index in [0.717, 1.165) is 11.1 Å². The summed E-state index contributed by atoms with van der Waals surface area (Å²) >= 11 is 0. The lowest BCUT2D eigenvalue weighted by Crippen LogP contribution is -2.35. The van der Waals surface area contributed by atoms with E-state index in [-0.39, 0.29) is 11.7 Å². The lowest BCUT2D eigenvalue weighted by Gasteiger charge is -2.29. The van der Waals surface area contributed by atoms with Crippen LogP contribution in [0.1, 0.15) is 46.6 Å². The molecule has 0 aliphatic carbocycles. The molecule has 2 heterocycles. The summed E-state index contributed by atoms with van der Waals surface area (Å²) in [7, 11) is -3.35. The number of benzene rings is 2. The number of carbonyl (C=O) groups is 1. The Balaban J connectivity index is 1.58. The summed E-state index contributed by atoms with van der Waals surface area (Å²) in [6.45, 7) is 4.09. The zero-order chi connectivity index (χ0) is 21.6. The van der Waals surface area contributed by atoms with Crippen LogP contribution in [0.25, 0.3) is 11.0 Å². The number of hydrogen-bond acceptors (Lipinski definition) is 4. The maximum atomic E-state index is 13.5. The fourth-order valence-electron chi connectivity index (χ4n) is 4.02. The molecule has 2 aromatic carbocycles. The topological polar surface area (TPSA) is 79.6 Å². The third-order valence-corrected chi connectivity index (χ3v) is 6.67. The van der Waals surface area contributed by atoms with Crippen LogP contribution in [-0.4, -0.2) is 27.1 Å². The minimum atomic E-state index is -3.35. The normalized spacial score (nSPS) is 15.1. The third-order valence-electron chi connectivity index (χ3n) is 5.49. The summed E-state index contributed by atoms with van der Waals surface area (Å²) < 4.78 is 44.8. The molecular weight excluding hydrogens is 407 g/mol. The average Bonchev–Trinajstić information content (AvgIpc) is 3.02. The molecule has 30 heavy (non-hydrogen) atoms. The van der Waals surface area contributed by atoms with Crippen molar-refractivity contribution in [1.29, 1.82) is 0 Å². The SMILES string of the molecule is Cc1c(C(C)NC(=O)c2ccc3c(c2)CCCN3S(C)(=O)=O)oc2ccc(F)cc12. The second kappa shape index (κ2) is 7.43. The lowest BCUT2D eigenvalue weighted by atomic mass is 10.00. The van der Waals surface area contributed by atoms with Gasteiger partial charge in [0.05, 0.1) is 18.0 Å². The Morgan fingerprint density at radius 3 is 2.73 bits per heavy atom. The van der Waals surface area contributed by atoms with Crippen molar-refractivity contribution in [3.8, 4) is 0 Å². The van der Waals surface area contributed by atoms with E-state index in [2.05, 4.69) is 5.32 Å². The molecule has 0 spiro atoms. The molecule has 1 unspecified atom stereocenters. The van der Waals surface area contributed by atoms with Gasteiger partial charge in [-0.05, 0) is 68.7 Å². The number of amides is 1. The Hall–Kier alpha value is -2.87. The summed E-state index contributed by atoms with van der Waals surface area (Å²) in [5.74, 6) is -0.0511. The van der Waals surface area contributed by atoms with Crippen molar-refractivity contribution >= 4 is 32.6 Å². The summed E-state index contributed by atoms with van der Waals surface area (Å²) in [6, 6.07) is 8.98. The number of aryl methyl sites for hydroxylation is 2. The number of hydrogen-bond donors (Lipinski definition) is 1. The third kappa shape index (κ3) is 3.67. The van der Waals surface area contributed by atoms with Gasteiger partial charge in [0.15, 0.2) is 0 Å². The number of fused-ring (bicyclic) bond motifs is 2. The van der Waals surface area contributed by atoms with Gasteiger partial charge in [-0.2, -0.15) is 0 Å². The van der Waals surface area contributed by atoms with Crippen molar-refractivity contribution in [1.82, 2.24) is 5.32 Å². The molecule has 6 nitrogen and oxygen atoms in total. The Morgan fingerprint density at radius 1 is 1.23 bits per heavy atom. The van der Waals surface area contributed by atoms with Gasteiger partial charge in [0.1, 0.15) is 17.2 Å². The monoisotopic (exact) mass is 430 g/mol. The quantitative estimate of drug-likeness (QED) is 0.676. The van der Waals surface area contributed by atoms with Crippen molar-refractivity contribution in [2.24, 2.45) is 0 Å². The highest BCUT2D eigenvalue weighted by molar-refractivity contribution is 7.92. The van der Waals surface area contributed by atoms with Crippen molar-refractivity contribution in [2.75, 3.05) is 17.1 Å². The standard InChI is InChI=1S/C22H23FN2O4S/c1-13-18-12-17(23)7-9-20(18)29-21(13)14(2)24-22(26)16-6-8-19-15(11-16)5-4-10-25(19)30(3,27)28/h6-9,11-12,14H,4-5,10H2,1-3H3,(H,24,26). The van der Waals surface area contributed by atoms with E-state index in [0.29, 0.717) is 47.4 Å². The van der Waals surface area contributed by atoms with Crippen LogP contribution in [0.5, 0.6) is 0 Å². The first-order valence-electron chi connectivity index (χ1n) is 9.75. The molecule has 1 amide bonds. The maximum Gasteiger partial charge on any atom is 0.251 e. The van der Waals surface area contributed by atoms with Crippen molar-refractivity contribution < 1.29 is 22.0 Å². The van der Waals surface area contributed by atoms with E-state index in [1.165, 1.54) is 22.7 Å². The number of anilines is 1. The van der Waals surface area contributed by atoms with E-state index >= 15 is 0 Å². The van der Waals surface area contributed by atoms with Gasteiger partial charge in [-0.1, -0.05) is 0 Å². The highest BCUT2D eigenvalue weighted by Crippen LogP contribution is 2.32. The van der Waals surface area contributed by atoms with Crippen LogP contribution in [0.2, 0.25) is 0 Å². The molecule has 0 fully saturated rings. The molecule has 0 saturated heterocycles.